The maximum absolute atomic E-state index is 5.39. The molecule has 0 atom stereocenters. The summed E-state index contributed by atoms with van der Waals surface area (Å²) < 4.78 is 6.47. The molecule has 100 valence electrons. The molecule has 1 fully saturated rings. The van der Waals surface area contributed by atoms with Gasteiger partial charge in [0, 0.05) is 23.6 Å². The zero-order chi connectivity index (χ0) is 13.0. The second-order valence-corrected chi connectivity index (χ2v) is 5.61. The number of methoxy groups -OCH3 is 1. The Kier molecular flexibility index (Phi) is 4.89. The first-order valence-corrected chi connectivity index (χ1v) is 7.34. The van der Waals surface area contributed by atoms with Crippen LogP contribution in [0.2, 0.25) is 0 Å². The van der Waals surface area contributed by atoms with E-state index in [1.165, 1.54) is 25.9 Å². The third kappa shape index (κ3) is 3.39. The van der Waals surface area contributed by atoms with Crippen molar-refractivity contribution in [3.63, 3.8) is 0 Å². The van der Waals surface area contributed by atoms with E-state index in [9.17, 15) is 0 Å². The monoisotopic (exact) mass is 312 g/mol. The Balaban J connectivity index is 1.99. The van der Waals surface area contributed by atoms with E-state index in [1.54, 1.807) is 7.11 Å². The first kappa shape index (κ1) is 13.7. The number of likely N-dealkylation sites (tertiary alicyclic amines) is 1. The fourth-order valence-corrected chi connectivity index (χ4v) is 2.77. The number of halogens is 1. The van der Waals surface area contributed by atoms with Gasteiger partial charge in [-0.15, -0.1) is 0 Å². The molecule has 1 aromatic rings. The van der Waals surface area contributed by atoms with Crippen LogP contribution in [0.25, 0.3) is 0 Å². The maximum atomic E-state index is 5.39. The molecular weight excluding hydrogens is 292 g/mol. The SMILES string of the molecule is CCN1CCC(Nc2cc(Br)ccc2OC)CC1. The van der Waals surface area contributed by atoms with Crippen LogP contribution in [0.4, 0.5) is 5.69 Å². The molecule has 4 heteroatoms. The molecule has 0 unspecified atom stereocenters. The van der Waals surface area contributed by atoms with Gasteiger partial charge in [0.15, 0.2) is 0 Å². The summed E-state index contributed by atoms with van der Waals surface area (Å²) in [6.45, 7) is 5.76. The molecule has 1 aromatic carbocycles. The molecule has 1 heterocycles. The molecule has 0 spiro atoms. The van der Waals surface area contributed by atoms with Crippen LogP contribution in [0, 0.1) is 0 Å². The molecule has 0 bridgehead atoms. The zero-order valence-corrected chi connectivity index (χ0v) is 12.7. The summed E-state index contributed by atoms with van der Waals surface area (Å²) in [5, 5.41) is 3.60. The largest absolute Gasteiger partial charge is 0.495 e. The highest BCUT2D eigenvalue weighted by molar-refractivity contribution is 9.10. The third-order valence-corrected chi connectivity index (χ3v) is 4.05. The lowest BCUT2D eigenvalue weighted by molar-refractivity contribution is 0.229. The lowest BCUT2D eigenvalue weighted by atomic mass is 10.0. The van der Waals surface area contributed by atoms with Gasteiger partial charge in [-0.3, -0.25) is 0 Å². The Morgan fingerprint density at radius 2 is 2.11 bits per heavy atom. The van der Waals surface area contributed by atoms with E-state index < -0.39 is 0 Å². The van der Waals surface area contributed by atoms with Crippen LogP contribution in [0.1, 0.15) is 19.8 Å². The molecule has 0 aliphatic carbocycles. The smallest absolute Gasteiger partial charge is 0.142 e. The van der Waals surface area contributed by atoms with Crippen LogP contribution in [0.5, 0.6) is 5.75 Å². The Morgan fingerprint density at radius 1 is 1.39 bits per heavy atom. The lowest BCUT2D eigenvalue weighted by Crippen LogP contribution is -2.38. The number of nitrogens with zero attached hydrogens (tertiary/aromatic N) is 1. The quantitative estimate of drug-likeness (QED) is 0.922. The van der Waals surface area contributed by atoms with Crippen LogP contribution < -0.4 is 10.1 Å². The standard InChI is InChI=1S/C14H21BrN2O/c1-3-17-8-6-12(7-9-17)16-13-10-11(15)4-5-14(13)18-2/h4-5,10,12,16H,3,6-9H2,1-2H3. The maximum Gasteiger partial charge on any atom is 0.142 e. The first-order chi connectivity index (χ1) is 8.72. The Labute approximate surface area is 118 Å². The van der Waals surface area contributed by atoms with Crippen LogP contribution >= 0.6 is 15.9 Å². The fraction of sp³-hybridized carbons (Fsp3) is 0.571. The van der Waals surface area contributed by atoms with E-state index in [-0.39, 0.29) is 0 Å². The molecule has 0 aromatic heterocycles. The van der Waals surface area contributed by atoms with Crippen molar-refractivity contribution in [2.24, 2.45) is 0 Å². The molecule has 1 N–H and O–H groups in total. The number of nitrogens with one attached hydrogen (secondary N) is 1. The number of ether oxygens (including phenoxy) is 1. The van der Waals surface area contributed by atoms with E-state index in [0.717, 1.165) is 22.5 Å². The Bertz CT molecular complexity index is 389. The summed E-state index contributed by atoms with van der Waals surface area (Å²) in [5.74, 6) is 0.913. The topological polar surface area (TPSA) is 24.5 Å². The summed E-state index contributed by atoms with van der Waals surface area (Å²) in [4.78, 5) is 2.50. The van der Waals surface area contributed by atoms with Gasteiger partial charge in [-0.25, -0.2) is 0 Å². The van der Waals surface area contributed by atoms with Gasteiger partial charge in [0.2, 0.25) is 0 Å². The summed E-state index contributed by atoms with van der Waals surface area (Å²) in [7, 11) is 1.72. The predicted octanol–water partition coefficient (Wildman–Crippen LogP) is 3.35. The minimum Gasteiger partial charge on any atom is -0.495 e. The molecular formula is C14H21BrN2O. The minimum absolute atomic E-state index is 0.552. The molecule has 0 saturated carbocycles. The van der Waals surface area contributed by atoms with E-state index in [2.05, 4.69) is 39.1 Å². The van der Waals surface area contributed by atoms with Crippen LogP contribution in [0.15, 0.2) is 22.7 Å². The normalized spacial score (nSPS) is 17.7. The van der Waals surface area contributed by atoms with Gasteiger partial charge in [-0.1, -0.05) is 22.9 Å². The molecule has 3 nitrogen and oxygen atoms in total. The summed E-state index contributed by atoms with van der Waals surface area (Å²) in [6.07, 6.45) is 2.40. The van der Waals surface area contributed by atoms with Crippen molar-refractivity contribution in [2.45, 2.75) is 25.8 Å². The minimum atomic E-state index is 0.552. The molecule has 1 aliphatic heterocycles. The summed E-state index contributed by atoms with van der Waals surface area (Å²) >= 11 is 3.51. The van der Waals surface area contributed by atoms with E-state index in [4.69, 9.17) is 4.74 Å². The number of hydrogen-bond donors (Lipinski definition) is 1. The summed E-state index contributed by atoms with van der Waals surface area (Å²) in [6, 6.07) is 6.64. The predicted molar refractivity (Wildman–Crippen MR) is 79.5 cm³/mol. The average molecular weight is 313 g/mol. The van der Waals surface area contributed by atoms with E-state index in [0.29, 0.717) is 6.04 Å². The van der Waals surface area contributed by atoms with Gasteiger partial charge in [0.05, 0.1) is 12.8 Å². The number of anilines is 1. The molecule has 1 saturated heterocycles. The Morgan fingerprint density at radius 3 is 2.72 bits per heavy atom. The van der Waals surface area contributed by atoms with Crippen molar-refractivity contribution < 1.29 is 4.74 Å². The molecule has 18 heavy (non-hydrogen) atoms. The highest BCUT2D eigenvalue weighted by Gasteiger charge is 2.18. The highest BCUT2D eigenvalue weighted by atomic mass is 79.9. The number of rotatable bonds is 4. The molecule has 0 amide bonds. The van der Waals surface area contributed by atoms with Crippen molar-refractivity contribution in [2.75, 3.05) is 32.1 Å². The van der Waals surface area contributed by atoms with Crippen molar-refractivity contribution in [3.05, 3.63) is 22.7 Å². The first-order valence-electron chi connectivity index (χ1n) is 6.55. The van der Waals surface area contributed by atoms with E-state index >= 15 is 0 Å². The van der Waals surface area contributed by atoms with E-state index in [1.807, 2.05) is 12.1 Å². The lowest BCUT2D eigenvalue weighted by Gasteiger charge is -2.32. The highest BCUT2D eigenvalue weighted by Crippen LogP contribution is 2.29. The average Bonchev–Trinajstić information content (AvgIpc) is 2.40. The number of benzene rings is 1. The fourth-order valence-electron chi connectivity index (χ4n) is 2.41. The second-order valence-electron chi connectivity index (χ2n) is 4.70. The molecule has 2 rings (SSSR count). The molecule has 1 aliphatic rings. The van der Waals surface area contributed by atoms with Gasteiger partial charge in [0.1, 0.15) is 5.75 Å². The van der Waals surface area contributed by atoms with Gasteiger partial charge in [-0.05, 0) is 37.6 Å². The third-order valence-electron chi connectivity index (χ3n) is 3.56. The Hall–Kier alpha value is -0.740. The van der Waals surface area contributed by atoms with Crippen molar-refractivity contribution in [1.82, 2.24) is 4.90 Å². The van der Waals surface area contributed by atoms with Crippen LogP contribution in [-0.4, -0.2) is 37.7 Å². The second kappa shape index (κ2) is 6.43. The zero-order valence-electron chi connectivity index (χ0n) is 11.1. The molecule has 0 radical (unpaired) electrons. The van der Waals surface area contributed by atoms with Crippen molar-refractivity contribution >= 4 is 21.6 Å². The van der Waals surface area contributed by atoms with Crippen molar-refractivity contribution in [1.29, 1.82) is 0 Å². The van der Waals surface area contributed by atoms with Gasteiger partial charge >= 0.3 is 0 Å². The summed E-state index contributed by atoms with van der Waals surface area (Å²) in [5.41, 5.74) is 1.09. The van der Waals surface area contributed by atoms with Gasteiger partial charge < -0.3 is 15.0 Å². The van der Waals surface area contributed by atoms with Crippen LogP contribution in [-0.2, 0) is 0 Å². The number of piperidine rings is 1. The van der Waals surface area contributed by atoms with Crippen LogP contribution in [0.3, 0.4) is 0 Å². The van der Waals surface area contributed by atoms with Gasteiger partial charge in [-0.2, -0.15) is 0 Å². The van der Waals surface area contributed by atoms with Crippen molar-refractivity contribution in [3.8, 4) is 5.75 Å². The van der Waals surface area contributed by atoms with Gasteiger partial charge in [0.25, 0.3) is 0 Å². The number of hydrogen-bond acceptors (Lipinski definition) is 3.